The molecule has 0 atom stereocenters. The Morgan fingerprint density at radius 1 is 1.00 bits per heavy atom. The van der Waals surface area contributed by atoms with Gasteiger partial charge in [-0.2, -0.15) is 18.2 Å². The first kappa shape index (κ1) is 18.3. The summed E-state index contributed by atoms with van der Waals surface area (Å²) in [5.74, 6) is 0.329. The summed E-state index contributed by atoms with van der Waals surface area (Å²) in [6, 6.07) is 11.2. The number of benzene rings is 2. The summed E-state index contributed by atoms with van der Waals surface area (Å²) in [4.78, 5) is 6.52. The number of hydrogen-bond acceptors (Lipinski definition) is 4. The topological polar surface area (TPSA) is 46.0 Å². The third-order valence-corrected chi connectivity index (χ3v) is 4.72. The lowest BCUT2D eigenvalue weighted by atomic mass is 10.2. The Hall–Kier alpha value is -3.03. The number of aromatic nitrogens is 3. The van der Waals surface area contributed by atoms with Crippen LogP contribution >= 0.6 is 0 Å². The Balaban J connectivity index is 1.56. The lowest BCUT2D eigenvalue weighted by molar-refractivity contribution is -0.137. The molecule has 1 aliphatic heterocycles. The number of nitrogens with one attached hydrogen (secondary N) is 1. The second-order valence-corrected chi connectivity index (χ2v) is 6.94. The smallest absolute Gasteiger partial charge is 0.371 e. The number of aryl methyl sites for hydroxylation is 1. The van der Waals surface area contributed by atoms with Crippen molar-refractivity contribution in [2.75, 3.05) is 23.3 Å². The van der Waals surface area contributed by atoms with Crippen LogP contribution in [0, 0.1) is 6.92 Å². The van der Waals surface area contributed by atoms with Gasteiger partial charge in [-0.25, -0.2) is 4.68 Å². The van der Waals surface area contributed by atoms with Crippen LogP contribution in [0.25, 0.3) is 5.69 Å². The van der Waals surface area contributed by atoms with Crippen molar-refractivity contribution in [1.29, 1.82) is 0 Å². The van der Waals surface area contributed by atoms with E-state index in [1.54, 1.807) is 6.07 Å². The van der Waals surface area contributed by atoms with Gasteiger partial charge in [0.2, 0.25) is 5.95 Å². The van der Waals surface area contributed by atoms with E-state index in [1.807, 2.05) is 19.1 Å². The molecule has 28 heavy (non-hydrogen) atoms. The fourth-order valence-corrected chi connectivity index (χ4v) is 3.39. The molecule has 4 rings (SSSR count). The second kappa shape index (κ2) is 7.18. The minimum Gasteiger partial charge on any atom is -0.371 e. The molecule has 5 nitrogen and oxygen atoms in total. The summed E-state index contributed by atoms with van der Waals surface area (Å²) in [7, 11) is 0. The first-order chi connectivity index (χ1) is 13.4. The molecule has 0 bridgehead atoms. The summed E-state index contributed by atoms with van der Waals surface area (Å²) in [5.41, 5.74) is 2.70. The third kappa shape index (κ3) is 3.95. The number of halogens is 3. The maximum atomic E-state index is 12.9. The zero-order chi connectivity index (χ0) is 19.7. The Morgan fingerprint density at radius 2 is 1.79 bits per heavy atom. The largest absolute Gasteiger partial charge is 0.416 e. The predicted octanol–water partition coefficient (Wildman–Crippen LogP) is 4.94. The molecule has 0 unspecified atom stereocenters. The van der Waals surface area contributed by atoms with Gasteiger partial charge in [-0.15, -0.1) is 5.10 Å². The third-order valence-electron chi connectivity index (χ3n) is 4.72. The molecule has 0 spiro atoms. The summed E-state index contributed by atoms with van der Waals surface area (Å²) < 4.78 is 40.1. The Kier molecular flexibility index (Phi) is 4.70. The van der Waals surface area contributed by atoms with Crippen LogP contribution in [0.3, 0.4) is 0 Å². The summed E-state index contributed by atoms with van der Waals surface area (Å²) in [5, 5.41) is 7.42. The molecular formula is C20H20F3N5. The molecule has 0 saturated carbocycles. The van der Waals surface area contributed by atoms with E-state index < -0.39 is 11.7 Å². The van der Waals surface area contributed by atoms with Crippen molar-refractivity contribution in [3.8, 4) is 5.69 Å². The molecule has 0 amide bonds. The van der Waals surface area contributed by atoms with Crippen LogP contribution in [0.4, 0.5) is 30.5 Å². The van der Waals surface area contributed by atoms with E-state index in [1.165, 1.54) is 29.9 Å². The minimum absolute atomic E-state index is 0.303. The average Bonchev–Trinajstić information content (AvgIpc) is 3.33. The molecule has 2 aromatic carbocycles. The first-order valence-electron chi connectivity index (χ1n) is 9.11. The van der Waals surface area contributed by atoms with Gasteiger partial charge in [-0.3, -0.25) is 0 Å². The van der Waals surface area contributed by atoms with Crippen molar-refractivity contribution in [3.05, 3.63) is 59.9 Å². The number of hydrogen-bond donors (Lipinski definition) is 1. The van der Waals surface area contributed by atoms with E-state index in [4.69, 9.17) is 0 Å². The van der Waals surface area contributed by atoms with E-state index in [-0.39, 0.29) is 0 Å². The van der Waals surface area contributed by atoms with Crippen LogP contribution in [0.1, 0.15) is 24.0 Å². The van der Waals surface area contributed by atoms with E-state index in [0.29, 0.717) is 11.6 Å². The van der Waals surface area contributed by atoms with Crippen LogP contribution < -0.4 is 10.2 Å². The van der Waals surface area contributed by atoms with Gasteiger partial charge >= 0.3 is 6.18 Å². The molecule has 0 radical (unpaired) electrons. The maximum Gasteiger partial charge on any atom is 0.416 e. The highest BCUT2D eigenvalue weighted by atomic mass is 19.4. The molecule has 1 saturated heterocycles. The number of rotatable bonds is 4. The molecule has 1 aliphatic rings. The highest BCUT2D eigenvalue weighted by Crippen LogP contribution is 2.30. The lowest BCUT2D eigenvalue weighted by Crippen LogP contribution is -2.17. The predicted molar refractivity (Wildman–Crippen MR) is 102 cm³/mol. The quantitative estimate of drug-likeness (QED) is 0.689. The van der Waals surface area contributed by atoms with Crippen molar-refractivity contribution in [2.24, 2.45) is 0 Å². The second-order valence-electron chi connectivity index (χ2n) is 6.94. The van der Waals surface area contributed by atoms with Crippen molar-refractivity contribution in [3.63, 3.8) is 0 Å². The average molecular weight is 387 g/mol. The van der Waals surface area contributed by atoms with Crippen LogP contribution in [-0.2, 0) is 6.18 Å². The van der Waals surface area contributed by atoms with E-state index in [9.17, 15) is 13.2 Å². The van der Waals surface area contributed by atoms with Gasteiger partial charge in [-0.1, -0.05) is 6.07 Å². The molecule has 1 aromatic heterocycles. The van der Waals surface area contributed by atoms with Crippen molar-refractivity contribution >= 4 is 17.3 Å². The minimum atomic E-state index is -4.40. The van der Waals surface area contributed by atoms with E-state index in [0.717, 1.165) is 42.2 Å². The monoisotopic (exact) mass is 387 g/mol. The van der Waals surface area contributed by atoms with Gasteiger partial charge in [0, 0.05) is 24.5 Å². The zero-order valence-electron chi connectivity index (χ0n) is 15.4. The Bertz CT molecular complexity index is 974. The fraction of sp³-hybridized carbons (Fsp3) is 0.300. The van der Waals surface area contributed by atoms with Gasteiger partial charge in [0.15, 0.2) is 0 Å². The molecule has 3 aromatic rings. The Morgan fingerprint density at radius 3 is 2.54 bits per heavy atom. The standard InChI is InChI=1S/C20H20F3N5/c1-14-9-16(12-18(10-14)27-7-2-3-8-27)25-19-24-13-28(26-19)17-6-4-5-15(11-17)20(21,22)23/h4-6,9-13H,2-3,7-8H2,1H3,(H,25,26). The van der Waals surface area contributed by atoms with Crippen LogP contribution in [0.15, 0.2) is 48.8 Å². The van der Waals surface area contributed by atoms with Gasteiger partial charge in [-0.05, 0) is 61.7 Å². The SMILES string of the molecule is Cc1cc(Nc2ncn(-c3cccc(C(F)(F)F)c3)n2)cc(N2CCCC2)c1. The molecule has 0 aliphatic carbocycles. The number of anilines is 3. The van der Waals surface area contributed by atoms with E-state index in [2.05, 4.69) is 26.4 Å². The number of alkyl halides is 3. The van der Waals surface area contributed by atoms with Gasteiger partial charge in [0.05, 0.1) is 11.3 Å². The molecule has 1 fully saturated rings. The van der Waals surface area contributed by atoms with Crippen molar-refractivity contribution < 1.29 is 13.2 Å². The van der Waals surface area contributed by atoms with Crippen LogP contribution in [0.5, 0.6) is 0 Å². The fourth-order valence-electron chi connectivity index (χ4n) is 3.39. The van der Waals surface area contributed by atoms with E-state index >= 15 is 0 Å². The van der Waals surface area contributed by atoms with Gasteiger partial charge in [0.1, 0.15) is 6.33 Å². The van der Waals surface area contributed by atoms with Crippen LogP contribution in [-0.4, -0.2) is 27.9 Å². The highest BCUT2D eigenvalue weighted by Gasteiger charge is 2.30. The van der Waals surface area contributed by atoms with Crippen molar-refractivity contribution in [1.82, 2.24) is 14.8 Å². The lowest BCUT2D eigenvalue weighted by Gasteiger charge is -2.19. The van der Waals surface area contributed by atoms with Crippen molar-refractivity contribution in [2.45, 2.75) is 25.9 Å². The maximum absolute atomic E-state index is 12.9. The highest BCUT2D eigenvalue weighted by molar-refractivity contribution is 5.64. The molecule has 1 N–H and O–H groups in total. The van der Waals surface area contributed by atoms with Gasteiger partial charge < -0.3 is 10.2 Å². The Labute approximate surface area is 160 Å². The van der Waals surface area contributed by atoms with Gasteiger partial charge in [0.25, 0.3) is 0 Å². The zero-order valence-corrected chi connectivity index (χ0v) is 15.4. The molecule has 8 heteroatoms. The normalized spacial score (nSPS) is 14.5. The first-order valence-corrected chi connectivity index (χ1v) is 9.11. The molecular weight excluding hydrogens is 367 g/mol. The summed E-state index contributed by atoms with van der Waals surface area (Å²) >= 11 is 0. The molecule has 146 valence electrons. The number of nitrogens with zero attached hydrogens (tertiary/aromatic N) is 4. The summed E-state index contributed by atoms with van der Waals surface area (Å²) in [6.07, 6.45) is -0.612. The summed E-state index contributed by atoms with van der Waals surface area (Å²) in [6.45, 7) is 4.12. The van der Waals surface area contributed by atoms with Crippen LogP contribution in [0.2, 0.25) is 0 Å². The molecule has 2 heterocycles.